The van der Waals surface area contributed by atoms with Crippen LogP contribution in [0, 0.1) is 23.7 Å². The van der Waals surface area contributed by atoms with E-state index >= 15 is 0 Å². The highest BCUT2D eigenvalue weighted by Gasteiger charge is 2.70. The monoisotopic (exact) mass is 345 g/mol. The maximum atomic E-state index is 12.9. The first-order chi connectivity index (χ1) is 11.6. The van der Waals surface area contributed by atoms with Gasteiger partial charge in [0, 0.05) is 11.1 Å². The van der Waals surface area contributed by atoms with E-state index in [1.54, 1.807) is 29.2 Å². The molecule has 1 heterocycles. The van der Waals surface area contributed by atoms with Gasteiger partial charge >= 0.3 is 0 Å². The molecule has 3 saturated carbocycles. The van der Waals surface area contributed by atoms with Gasteiger partial charge in [-0.2, -0.15) is 0 Å². The van der Waals surface area contributed by atoms with Crippen molar-refractivity contribution in [3.05, 3.63) is 40.9 Å². The average molecular weight is 346 g/mol. The molecule has 1 aliphatic heterocycles. The van der Waals surface area contributed by atoms with Gasteiger partial charge in [-0.3, -0.25) is 4.79 Å². The molecule has 1 aromatic carbocycles. The van der Waals surface area contributed by atoms with Crippen molar-refractivity contribution in [2.45, 2.75) is 37.1 Å². The Labute approximate surface area is 145 Å². The third kappa shape index (κ3) is 1.85. The van der Waals surface area contributed by atoms with Crippen LogP contribution in [0.4, 0.5) is 0 Å². The van der Waals surface area contributed by atoms with Crippen LogP contribution in [0.1, 0.15) is 18.4 Å². The van der Waals surface area contributed by atoms with E-state index in [9.17, 15) is 15.0 Å². The fourth-order valence-electron chi connectivity index (χ4n) is 6.04. The lowest BCUT2D eigenvalue weighted by molar-refractivity contribution is -0.148. The molecule has 4 bridgehead atoms. The number of piperidine rings is 1. The molecule has 0 aromatic heterocycles. The molecule has 0 radical (unpaired) electrons. The quantitative estimate of drug-likeness (QED) is 0.805. The van der Waals surface area contributed by atoms with E-state index in [-0.39, 0.29) is 35.7 Å². The third-order valence-corrected chi connectivity index (χ3v) is 7.09. The Bertz CT molecular complexity index is 718. The van der Waals surface area contributed by atoms with Gasteiger partial charge in [-0.1, -0.05) is 23.7 Å². The molecule has 4 fully saturated rings. The van der Waals surface area contributed by atoms with Gasteiger partial charge in [0.25, 0.3) is 0 Å². The Morgan fingerprint density at radius 3 is 2.58 bits per heavy atom. The van der Waals surface area contributed by atoms with E-state index < -0.39 is 12.2 Å². The summed E-state index contributed by atoms with van der Waals surface area (Å²) in [5, 5.41) is 21.9. The zero-order chi connectivity index (χ0) is 16.6. The van der Waals surface area contributed by atoms with Gasteiger partial charge in [0.05, 0.1) is 24.3 Å². The molecule has 8 atom stereocenters. The van der Waals surface area contributed by atoms with Crippen molar-refractivity contribution in [1.82, 2.24) is 4.90 Å². The molecule has 1 amide bonds. The van der Waals surface area contributed by atoms with Crippen molar-refractivity contribution < 1.29 is 15.0 Å². The first kappa shape index (κ1) is 14.9. The number of carbonyl (C=O) groups excluding carboxylic acids is 1. The minimum Gasteiger partial charge on any atom is -0.391 e. The smallest absolute Gasteiger partial charge is 0.247 e. The van der Waals surface area contributed by atoms with Gasteiger partial charge in [0.15, 0.2) is 0 Å². The second-order valence-electron chi connectivity index (χ2n) is 7.71. The van der Waals surface area contributed by atoms with E-state index in [2.05, 4.69) is 0 Å². The highest BCUT2D eigenvalue weighted by Crippen LogP contribution is 2.64. The van der Waals surface area contributed by atoms with Crippen LogP contribution in [-0.2, 0) is 4.79 Å². The number of aliphatic hydroxyl groups is 2. The van der Waals surface area contributed by atoms with Crippen LogP contribution < -0.4 is 0 Å². The molecule has 126 valence electrons. The van der Waals surface area contributed by atoms with Crippen molar-refractivity contribution >= 4 is 23.6 Å². The second-order valence-corrected chi connectivity index (χ2v) is 8.15. The van der Waals surface area contributed by atoms with Crippen molar-refractivity contribution in [3.63, 3.8) is 0 Å². The van der Waals surface area contributed by atoms with E-state index in [0.29, 0.717) is 10.9 Å². The Kier molecular flexibility index (Phi) is 3.16. The van der Waals surface area contributed by atoms with E-state index in [1.165, 1.54) is 0 Å². The molecule has 0 spiro atoms. The van der Waals surface area contributed by atoms with Gasteiger partial charge in [0.2, 0.25) is 5.91 Å². The zero-order valence-corrected chi connectivity index (χ0v) is 13.9. The van der Waals surface area contributed by atoms with Gasteiger partial charge in [-0.25, -0.2) is 0 Å². The van der Waals surface area contributed by atoms with Gasteiger partial charge in [-0.15, -0.1) is 0 Å². The molecule has 4 nitrogen and oxygen atoms in total. The molecular formula is C19H20ClNO3. The maximum absolute atomic E-state index is 12.9. The predicted octanol–water partition coefficient (Wildman–Crippen LogP) is 1.94. The summed E-state index contributed by atoms with van der Waals surface area (Å²) in [6.07, 6.45) is 4.26. The summed E-state index contributed by atoms with van der Waals surface area (Å²) in [4.78, 5) is 14.6. The minimum atomic E-state index is -0.429. The summed E-state index contributed by atoms with van der Waals surface area (Å²) in [6, 6.07) is 7.05. The summed E-state index contributed by atoms with van der Waals surface area (Å²) in [7, 11) is 0. The van der Waals surface area contributed by atoms with Crippen LogP contribution in [0.25, 0.3) is 6.08 Å². The zero-order valence-electron chi connectivity index (χ0n) is 13.1. The number of fused-ring (bicyclic) bond motifs is 3. The lowest BCUT2D eigenvalue weighted by atomic mass is 9.75. The summed E-state index contributed by atoms with van der Waals surface area (Å²) in [5.74, 6) is 1.10. The lowest BCUT2D eigenvalue weighted by Crippen LogP contribution is -2.62. The maximum Gasteiger partial charge on any atom is 0.247 e. The highest BCUT2D eigenvalue weighted by molar-refractivity contribution is 6.30. The van der Waals surface area contributed by atoms with Crippen LogP contribution in [0.5, 0.6) is 0 Å². The SMILES string of the molecule is O=C(C=Cc1ccc(Cl)cc1)N1C2CC3C4CC(C3C2O)C1C4O. The van der Waals surface area contributed by atoms with Crippen molar-refractivity contribution in [2.75, 3.05) is 0 Å². The molecule has 1 aromatic rings. The number of carbonyl (C=O) groups is 1. The number of nitrogens with zero attached hydrogens (tertiary/aromatic N) is 1. The number of hydrogen-bond acceptors (Lipinski definition) is 3. The average Bonchev–Trinajstić information content (AvgIpc) is 3.13. The fourth-order valence-corrected chi connectivity index (χ4v) is 6.16. The van der Waals surface area contributed by atoms with E-state index in [0.717, 1.165) is 18.4 Å². The van der Waals surface area contributed by atoms with Crippen LogP contribution in [-0.4, -0.2) is 45.3 Å². The summed E-state index contributed by atoms with van der Waals surface area (Å²) in [6.45, 7) is 0. The Hall–Kier alpha value is -1.36. The Morgan fingerprint density at radius 1 is 1.08 bits per heavy atom. The van der Waals surface area contributed by atoms with Crippen LogP contribution in [0.2, 0.25) is 5.02 Å². The lowest BCUT2D eigenvalue weighted by Gasteiger charge is -2.47. The van der Waals surface area contributed by atoms with Crippen molar-refractivity contribution in [3.8, 4) is 0 Å². The second kappa shape index (κ2) is 5.07. The summed E-state index contributed by atoms with van der Waals surface area (Å²) >= 11 is 5.88. The number of rotatable bonds is 2. The first-order valence-corrected chi connectivity index (χ1v) is 9.06. The first-order valence-electron chi connectivity index (χ1n) is 8.68. The molecule has 8 unspecified atom stereocenters. The van der Waals surface area contributed by atoms with Gasteiger partial charge in [0.1, 0.15) is 0 Å². The topological polar surface area (TPSA) is 60.8 Å². The van der Waals surface area contributed by atoms with Crippen LogP contribution in [0.3, 0.4) is 0 Å². The summed E-state index contributed by atoms with van der Waals surface area (Å²) in [5.41, 5.74) is 0.906. The third-order valence-electron chi connectivity index (χ3n) is 6.83. The number of amides is 1. The van der Waals surface area contributed by atoms with E-state index in [4.69, 9.17) is 11.6 Å². The molecule has 24 heavy (non-hydrogen) atoms. The summed E-state index contributed by atoms with van der Waals surface area (Å²) < 4.78 is 0. The molecule has 5 rings (SSSR count). The largest absolute Gasteiger partial charge is 0.391 e. The van der Waals surface area contributed by atoms with E-state index in [1.807, 2.05) is 12.1 Å². The number of aliphatic hydroxyl groups excluding tert-OH is 2. The Morgan fingerprint density at radius 2 is 1.83 bits per heavy atom. The number of benzene rings is 1. The van der Waals surface area contributed by atoms with Crippen LogP contribution >= 0.6 is 11.6 Å². The minimum absolute atomic E-state index is 0.107. The fraction of sp³-hybridized carbons (Fsp3) is 0.526. The number of halogens is 1. The van der Waals surface area contributed by atoms with Gasteiger partial charge in [-0.05, 0) is 60.3 Å². The van der Waals surface area contributed by atoms with Crippen molar-refractivity contribution in [1.29, 1.82) is 0 Å². The predicted molar refractivity (Wildman–Crippen MR) is 90.1 cm³/mol. The molecule has 4 aliphatic rings. The Balaban J connectivity index is 1.43. The van der Waals surface area contributed by atoms with Gasteiger partial charge < -0.3 is 15.1 Å². The molecule has 1 saturated heterocycles. The number of hydrogen-bond donors (Lipinski definition) is 2. The number of likely N-dealkylation sites (tertiary alicyclic amines) is 1. The molecule has 2 N–H and O–H groups in total. The highest BCUT2D eigenvalue weighted by atomic mass is 35.5. The molecule has 3 aliphatic carbocycles. The van der Waals surface area contributed by atoms with Crippen LogP contribution in [0.15, 0.2) is 30.3 Å². The molecule has 5 heteroatoms. The standard InChI is InChI=1S/C19H20ClNO3/c20-10-4-1-9(2-5-10)3-6-15(22)21-14-8-11-12-7-13(16(11)19(14)24)17(21)18(12)23/h1-6,11-14,16-19,23-24H,7-8H2. The van der Waals surface area contributed by atoms with Crippen molar-refractivity contribution in [2.24, 2.45) is 23.7 Å². The normalized spacial score (nSPS) is 44.9. The molecular weight excluding hydrogens is 326 g/mol.